The zero-order valence-electron chi connectivity index (χ0n) is 12.6. The second kappa shape index (κ2) is 9.02. The van der Waals surface area contributed by atoms with Crippen LogP contribution in [0.25, 0.3) is 0 Å². The van der Waals surface area contributed by atoms with Crippen LogP contribution >= 0.6 is 11.6 Å². The van der Waals surface area contributed by atoms with Gasteiger partial charge in [0.2, 0.25) is 0 Å². The molecule has 1 aromatic rings. The lowest BCUT2D eigenvalue weighted by Gasteiger charge is -2.25. The molecule has 1 aliphatic carbocycles. The van der Waals surface area contributed by atoms with E-state index in [1.165, 1.54) is 12.0 Å². The summed E-state index contributed by atoms with van der Waals surface area (Å²) >= 11 is 5.10. The predicted octanol–water partition coefficient (Wildman–Crippen LogP) is 5.75. The molecule has 3 heteroatoms. The van der Waals surface area contributed by atoms with Gasteiger partial charge in [0.25, 0.3) is 0 Å². The van der Waals surface area contributed by atoms with Crippen molar-refractivity contribution in [2.45, 2.75) is 58.5 Å². The van der Waals surface area contributed by atoms with Crippen molar-refractivity contribution in [3.63, 3.8) is 0 Å². The van der Waals surface area contributed by atoms with E-state index in [0.29, 0.717) is 11.8 Å². The van der Waals surface area contributed by atoms with Crippen LogP contribution in [0.4, 0.5) is 4.79 Å². The van der Waals surface area contributed by atoms with Crippen LogP contribution in [0.2, 0.25) is 0 Å². The second-order valence-corrected chi connectivity index (χ2v) is 6.12. The normalized spacial score (nSPS) is 21.9. The standard InChI is InChI=1S/C9H12.C8H13ClO2/c1-8(2)9-6-4-3-5-7-9;1-6-3-2-4-7(5-6)11-8(9)10/h3-8H,1-2H3;6-7H,2-5H2,1H3. The first kappa shape index (κ1) is 17.0. The molecule has 1 fully saturated rings. The van der Waals surface area contributed by atoms with E-state index in [4.69, 9.17) is 16.3 Å². The molecule has 1 aliphatic rings. The minimum absolute atomic E-state index is 0.0729. The first-order valence-electron chi connectivity index (χ1n) is 7.40. The Balaban J connectivity index is 0.000000204. The quantitative estimate of drug-likeness (QED) is 0.649. The Labute approximate surface area is 127 Å². The third-order valence-corrected chi connectivity index (χ3v) is 3.70. The Kier molecular flexibility index (Phi) is 7.68. The highest BCUT2D eigenvalue weighted by Crippen LogP contribution is 2.26. The summed E-state index contributed by atoms with van der Waals surface area (Å²) in [5.41, 5.74) is 0.751. The van der Waals surface area contributed by atoms with Gasteiger partial charge in [-0.1, -0.05) is 57.5 Å². The molecule has 0 radical (unpaired) electrons. The highest BCUT2D eigenvalue weighted by atomic mass is 35.5. The van der Waals surface area contributed by atoms with Crippen LogP contribution in [0.5, 0.6) is 0 Å². The van der Waals surface area contributed by atoms with E-state index < -0.39 is 5.43 Å². The lowest BCUT2D eigenvalue weighted by molar-refractivity contribution is 0.0803. The summed E-state index contributed by atoms with van der Waals surface area (Å²) < 4.78 is 4.89. The van der Waals surface area contributed by atoms with E-state index in [0.717, 1.165) is 19.3 Å². The molecule has 0 N–H and O–H groups in total. The summed E-state index contributed by atoms with van der Waals surface area (Å²) in [5, 5.41) is 0. The van der Waals surface area contributed by atoms with Crippen LogP contribution in [-0.4, -0.2) is 11.5 Å². The average Bonchev–Trinajstić information content (AvgIpc) is 2.39. The molecule has 20 heavy (non-hydrogen) atoms. The molecule has 1 aromatic carbocycles. The molecule has 0 bridgehead atoms. The first-order valence-corrected chi connectivity index (χ1v) is 7.78. The number of hydrogen-bond donors (Lipinski definition) is 0. The van der Waals surface area contributed by atoms with Crippen LogP contribution in [0.15, 0.2) is 30.3 Å². The molecule has 2 nitrogen and oxygen atoms in total. The fraction of sp³-hybridized carbons (Fsp3) is 0.588. The molecule has 2 atom stereocenters. The maximum atomic E-state index is 10.4. The van der Waals surface area contributed by atoms with Gasteiger partial charge < -0.3 is 4.74 Å². The summed E-state index contributed by atoms with van der Waals surface area (Å²) in [6.07, 6.45) is 4.41. The summed E-state index contributed by atoms with van der Waals surface area (Å²) in [5.74, 6) is 1.33. The number of rotatable bonds is 2. The Morgan fingerprint density at radius 3 is 2.35 bits per heavy atom. The topological polar surface area (TPSA) is 26.3 Å². The van der Waals surface area contributed by atoms with Gasteiger partial charge in [0.15, 0.2) is 0 Å². The summed E-state index contributed by atoms with van der Waals surface area (Å²) in [6.45, 7) is 6.58. The third-order valence-electron chi connectivity index (χ3n) is 3.61. The van der Waals surface area contributed by atoms with Gasteiger partial charge in [0.05, 0.1) is 0 Å². The van der Waals surface area contributed by atoms with Crippen LogP contribution in [-0.2, 0) is 4.74 Å². The fourth-order valence-corrected chi connectivity index (χ4v) is 2.58. The Hall–Kier alpha value is -1.02. The zero-order valence-corrected chi connectivity index (χ0v) is 13.4. The highest BCUT2D eigenvalue weighted by Gasteiger charge is 2.21. The molecule has 2 rings (SSSR count). The van der Waals surface area contributed by atoms with E-state index in [9.17, 15) is 4.79 Å². The number of ether oxygens (including phenoxy) is 1. The van der Waals surface area contributed by atoms with Crippen molar-refractivity contribution >= 4 is 17.0 Å². The van der Waals surface area contributed by atoms with Crippen molar-refractivity contribution in [2.24, 2.45) is 5.92 Å². The molecule has 0 heterocycles. The Morgan fingerprint density at radius 1 is 1.25 bits per heavy atom. The smallest absolute Gasteiger partial charge is 0.404 e. The molecule has 0 spiro atoms. The van der Waals surface area contributed by atoms with Crippen molar-refractivity contribution in [1.82, 2.24) is 0 Å². The van der Waals surface area contributed by atoms with E-state index in [-0.39, 0.29) is 6.10 Å². The van der Waals surface area contributed by atoms with Gasteiger partial charge in [0, 0.05) is 11.6 Å². The van der Waals surface area contributed by atoms with Crippen molar-refractivity contribution in [1.29, 1.82) is 0 Å². The monoisotopic (exact) mass is 296 g/mol. The van der Waals surface area contributed by atoms with Gasteiger partial charge in [-0.25, -0.2) is 4.79 Å². The molecule has 1 saturated carbocycles. The lowest BCUT2D eigenvalue weighted by Crippen LogP contribution is -2.22. The molecule has 0 amide bonds. The molecule has 112 valence electrons. The SMILES string of the molecule is CC(C)c1ccccc1.CC1CCCC(OC(=O)Cl)C1. The van der Waals surface area contributed by atoms with Gasteiger partial charge in [-0.3, -0.25) is 0 Å². The van der Waals surface area contributed by atoms with Crippen LogP contribution in [0.1, 0.15) is 57.9 Å². The van der Waals surface area contributed by atoms with Gasteiger partial charge in [0.1, 0.15) is 6.10 Å². The minimum Gasteiger partial charge on any atom is -0.450 e. The number of carbonyl (C=O) groups is 1. The van der Waals surface area contributed by atoms with E-state index in [1.807, 2.05) is 6.07 Å². The van der Waals surface area contributed by atoms with Gasteiger partial charge in [-0.2, -0.15) is 0 Å². The van der Waals surface area contributed by atoms with Crippen molar-refractivity contribution in [3.05, 3.63) is 35.9 Å². The summed E-state index contributed by atoms with van der Waals surface area (Å²) in [4.78, 5) is 10.4. The second-order valence-electron chi connectivity index (χ2n) is 5.81. The van der Waals surface area contributed by atoms with Gasteiger partial charge in [-0.05, 0) is 36.7 Å². The minimum atomic E-state index is -0.663. The molecule has 0 aromatic heterocycles. The molecule has 2 unspecified atom stereocenters. The van der Waals surface area contributed by atoms with Crippen LogP contribution < -0.4 is 0 Å². The largest absolute Gasteiger partial charge is 0.450 e. The third kappa shape index (κ3) is 6.95. The van der Waals surface area contributed by atoms with Crippen LogP contribution in [0.3, 0.4) is 0 Å². The predicted molar refractivity (Wildman–Crippen MR) is 84.3 cm³/mol. The number of hydrogen-bond acceptors (Lipinski definition) is 2. The molecule has 0 saturated heterocycles. The van der Waals surface area contributed by atoms with Crippen molar-refractivity contribution < 1.29 is 9.53 Å². The Morgan fingerprint density at radius 2 is 1.90 bits per heavy atom. The van der Waals surface area contributed by atoms with Gasteiger partial charge in [-0.15, -0.1) is 0 Å². The van der Waals surface area contributed by atoms with Crippen molar-refractivity contribution in [2.75, 3.05) is 0 Å². The van der Waals surface area contributed by atoms with Crippen LogP contribution in [0, 0.1) is 5.92 Å². The lowest BCUT2D eigenvalue weighted by atomic mass is 9.89. The average molecular weight is 297 g/mol. The zero-order chi connectivity index (χ0) is 15.0. The fourth-order valence-electron chi connectivity index (χ4n) is 2.45. The molecular formula is C17H25ClO2. The van der Waals surface area contributed by atoms with E-state index in [1.54, 1.807) is 0 Å². The number of benzene rings is 1. The maximum absolute atomic E-state index is 10.4. The maximum Gasteiger partial charge on any atom is 0.404 e. The van der Waals surface area contributed by atoms with E-state index >= 15 is 0 Å². The molecule has 0 aliphatic heterocycles. The van der Waals surface area contributed by atoms with Gasteiger partial charge >= 0.3 is 5.43 Å². The summed E-state index contributed by atoms with van der Waals surface area (Å²) in [6, 6.07) is 10.5. The Bertz CT molecular complexity index is 389. The number of carbonyl (C=O) groups excluding carboxylic acids is 1. The summed E-state index contributed by atoms with van der Waals surface area (Å²) in [7, 11) is 0. The van der Waals surface area contributed by atoms with E-state index in [2.05, 4.69) is 45.0 Å². The van der Waals surface area contributed by atoms with Crippen molar-refractivity contribution in [3.8, 4) is 0 Å². The first-order chi connectivity index (χ1) is 9.49. The highest BCUT2D eigenvalue weighted by molar-refractivity contribution is 6.61. The molecular weight excluding hydrogens is 272 g/mol. The number of halogens is 1.